The number of rotatable bonds is 2. The summed E-state index contributed by atoms with van der Waals surface area (Å²) in [6, 6.07) is 9.22. The fraction of sp³-hybridized carbons (Fsp3) is 0.0714. The van der Waals surface area contributed by atoms with Gasteiger partial charge in [0.1, 0.15) is 11.8 Å². The summed E-state index contributed by atoms with van der Waals surface area (Å²) in [6.07, 6.45) is 1.60. The van der Waals surface area contributed by atoms with Gasteiger partial charge in [-0.15, -0.1) is 0 Å². The molecule has 0 spiro atoms. The molecule has 0 aliphatic heterocycles. The van der Waals surface area contributed by atoms with Gasteiger partial charge in [-0.05, 0) is 24.3 Å². The van der Waals surface area contributed by atoms with E-state index in [9.17, 15) is 4.39 Å². The van der Waals surface area contributed by atoms with Crippen molar-refractivity contribution in [3.63, 3.8) is 0 Å². The van der Waals surface area contributed by atoms with Gasteiger partial charge in [0, 0.05) is 11.6 Å². The third-order valence-corrected chi connectivity index (χ3v) is 3.22. The molecule has 2 aromatic heterocycles. The molecule has 0 saturated carbocycles. The van der Waals surface area contributed by atoms with Crippen LogP contribution in [0.2, 0.25) is 5.02 Å². The standard InChI is InChI=1S/C14H10ClFN2O/c15-9-4-2-6-18-13(9)12(17)11-7-8-3-1-5-10(16)14(8)19-11/h1-7,12H,17H2. The first-order valence-electron chi connectivity index (χ1n) is 5.71. The Morgan fingerprint density at radius 2 is 2.11 bits per heavy atom. The number of benzene rings is 1. The predicted octanol–water partition coefficient (Wildman–Crippen LogP) is 3.67. The maximum absolute atomic E-state index is 13.6. The molecule has 1 aromatic carbocycles. The first-order chi connectivity index (χ1) is 9.16. The number of pyridine rings is 1. The van der Waals surface area contributed by atoms with E-state index in [1.807, 2.05) is 0 Å². The number of fused-ring (bicyclic) bond motifs is 1. The normalized spacial score (nSPS) is 12.8. The Hall–Kier alpha value is -1.91. The summed E-state index contributed by atoms with van der Waals surface area (Å²) in [4.78, 5) is 4.14. The van der Waals surface area contributed by atoms with Crippen molar-refractivity contribution < 1.29 is 8.81 Å². The fourth-order valence-corrected chi connectivity index (χ4v) is 2.20. The van der Waals surface area contributed by atoms with Crippen molar-refractivity contribution in [2.75, 3.05) is 0 Å². The Morgan fingerprint density at radius 1 is 1.26 bits per heavy atom. The average molecular weight is 277 g/mol. The van der Waals surface area contributed by atoms with E-state index in [0.717, 1.165) is 0 Å². The monoisotopic (exact) mass is 276 g/mol. The lowest BCUT2D eigenvalue weighted by molar-refractivity contribution is 0.499. The zero-order valence-electron chi connectivity index (χ0n) is 9.81. The van der Waals surface area contributed by atoms with Crippen molar-refractivity contribution in [3.05, 3.63) is 64.9 Å². The minimum absolute atomic E-state index is 0.194. The van der Waals surface area contributed by atoms with Gasteiger partial charge < -0.3 is 10.2 Å². The predicted molar refractivity (Wildman–Crippen MR) is 71.4 cm³/mol. The van der Waals surface area contributed by atoms with E-state index < -0.39 is 11.9 Å². The Bertz CT molecular complexity index is 741. The van der Waals surface area contributed by atoms with Crippen LogP contribution in [0.4, 0.5) is 4.39 Å². The van der Waals surface area contributed by atoms with Crippen LogP contribution in [0.3, 0.4) is 0 Å². The highest BCUT2D eigenvalue weighted by Crippen LogP contribution is 2.29. The molecule has 3 rings (SSSR count). The number of nitrogens with zero attached hydrogens (tertiary/aromatic N) is 1. The van der Waals surface area contributed by atoms with Crippen LogP contribution >= 0.6 is 11.6 Å². The summed E-state index contributed by atoms with van der Waals surface area (Å²) >= 11 is 6.04. The number of furan rings is 1. The second kappa shape index (κ2) is 4.64. The fourth-order valence-electron chi connectivity index (χ4n) is 1.96. The molecule has 0 amide bonds. The Labute approximate surface area is 113 Å². The maximum Gasteiger partial charge on any atom is 0.169 e. The molecular formula is C14H10ClFN2O. The third kappa shape index (κ3) is 2.09. The van der Waals surface area contributed by atoms with E-state index in [-0.39, 0.29) is 5.58 Å². The SMILES string of the molecule is NC(c1cc2cccc(F)c2o1)c1ncccc1Cl. The summed E-state index contributed by atoms with van der Waals surface area (Å²) in [5, 5.41) is 1.12. The zero-order chi connectivity index (χ0) is 13.4. The molecule has 1 unspecified atom stereocenters. The smallest absolute Gasteiger partial charge is 0.169 e. The average Bonchev–Trinajstić information content (AvgIpc) is 2.84. The molecule has 5 heteroatoms. The highest BCUT2D eigenvalue weighted by atomic mass is 35.5. The number of nitrogens with two attached hydrogens (primary N) is 1. The highest BCUT2D eigenvalue weighted by molar-refractivity contribution is 6.31. The van der Waals surface area contributed by atoms with Crippen molar-refractivity contribution in [1.82, 2.24) is 4.98 Å². The molecule has 2 heterocycles. The molecule has 1 atom stereocenters. The first kappa shape index (κ1) is 12.1. The molecule has 0 aliphatic carbocycles. The van der Waals surface area contributed by atoms with Gasteiger partial charge in [0.25, 0.3) is 0 Å². The van der Waals surface area contributed by atoms with E-state index in [0.29, 0.717) is 21.9 Å². The zero-order valence-corrected chi connectivity index (χ0v) is 10.6. The summed E-state index contributed by atoms with van der Waals surface area (Å²) in [5.41, 5.74) is 6.77. The molecular weight excluding hydrogens is 267 g/mol. The van der Waals surface area contributed by atoms with E-state index in [4.69, 9.17) is 21.8 Å². The molecule has 0 radical (unpaired) electrons. The van der Waals surface area contributed by atoms with Gasteiger partial charge in [0.05, 0.1) is 10.7 Å². The van der Waals surface area contributed by atoms with Crippen LogP contribution in [0, 0.1) is 5.82 Å². The lowest BCUT2D eigenvalue weighted by Gasteiger charge is -2.09. The summed E-state index contributed by atoms with van der Waals surface area (Å²) in [5.74, 6) is 0.0174. The van der Waals surface area contributed by atoms with Crippen LogP contribution in [0.5, 0.6) is 0 Å². The van der Waals surface area contributed by atoms with Crippen molar-refractivity contribution in [1.29, 1.82) is 0 Å². The molecule has 0 fully saturated rings. The van der Waals surface area contributed by atoms with Crippen LogP contribution < -0.4 is 5.73 Å². The summed E-state index contributed by atoms with van der Waals surface area (Å²) in [7, 11) is 0. The molecule has 3 nitrogen and oxygen atoms in total. The highest BCUT2D eigenvalue weighted by Gasteiger charge is 2.19. The Balaban J connectivity index is 2.10. The molecule has 0 aliphatic rings. The number of aromatic nitrogens is 1. The molecule has 2 N–H and O–H groups in total. The van der Waals surface area contributed by atoms with Crippen molar-refractivity contribution >= 4 is 22.6 Å². The molecule has 96 valence electrons. The molecule has 0 bridgehead atoms. The minimum atomic E-state index is -0.625. The van der Waals surface area contributed by atoms with Crippen LogP contribution in [0.15, 0.2) is 47.0 Å². The van der Waals surface area contributed by atoms with Crippen LogP contribution in [-0.2, 0) is 0 Å². The lowest BCUT2D eigenvalue weighted by atomic mass is 10.1. The topological polar surface area (TPSA) is 52.0 Å². The van der Waals surface area contributed by atoms with Gasteiger partial charge in [-0.3, -0.25) is 4.98 Å². The lowest BCUT2D eigenvalue weighted by Crippen LogP contribution is -2.13. The number of hydrogen-bond donors (Lipinski definition) is 1. The first-order valence-corrected chi connectivity index (χ1v) is 6.08. The second-order valence-electron chi connectivity index (χ2n) is 4.16. The van der Waals surface area contributed by atoms with Gasteiger partial charge in [-0.25, -0.2) is 4.39 Å². The third-order valence-electron chi connectivity index (χ3n) is 2.90. The Morgan fingerprint density at radius 3 is 2.84 bits per heavy atom. The number of halogens is 2. The second-order valence-corrected chi connectivity index (χ2v) is 4.56. The summed E-state index contributed by atoms with van der Waals surface area (Å²) < 4.78 is 19.0. The summed E-state index contributed by atoms with van der Waals surface area (Å²) in [6.45, 7) is 0. The van der Waals surface area contributed by atoms with E-state index in [2.05, 4.69) is 4.98 Å². The Kier molecular flexibility index (Phi) is 2.97. The molecule has 0 saturated heterocycles. The van der Waals surface area contributed by atoms with E-state index in [1.165, 1.54) is 6.07 Å². The van der Waals surface area contributed by atoms with Crippen LogP contribution in [0.25, 0.3) is 11.0 Å². The van der Waals surface area contributed by atoms with E-state index in [1.54, 1.807) is 36.5 Å². The number of para-hydroxylation sites is 1. The van der Waals surface area contributed by atoms with Gasteiger partial charge in [0.15, 0.2) is 11.4 Å². The van der Waals surface area contributed by atoms with Gasteiger partial charge in [-0.2, -0.15) is 0 Å². The quantitative estimate of drug-likeness (QED) is 0.777. The largest absolute Gasteiger partial charge is 0.456 e. The molecule has 3 aromatic rings. The number of hydrogen-bond acceptors (Lipinski definition) is 3. The van der Waals surface area contributed by atoms with Crippen molar-refractivity contribution in [3.8, 4) is 0 Å². The van der Waals surface area contributed by atoms with Crippen LogP contribution in [0.1, 0.15) is 17.5 Å². The van der Waals surface area contributed by atoms with E-state index >= 15 is 0 Å². The van der Waals surface area contributed by atoms with Crippen molar-refractivity contribution in [2.45, 2.75) is 6.04 Å². The van der Waals surface area contributed by atoms with Gasteiger partial charge >= 0.3 is 0 Å². The van der Waals surface area contributed by atoms with Gasteiger partial charge in [-0.1, -0.05) is 23.7 Å². The minimum Gasteiger partial charge on any atom is -0.456 e. The van der Waals surface area contributed by atoms with Crippen LogP contribution in [-0.4, -0.2) is 4.98 Å². The molecule has 19 heavy (non-hydrogen) atoms. The van der Waals surface area contributed by atoms with Crippen molar-refractivity contribution in [2.24, 2.45) is 5.73 Å². The van der Waals surface area contributed by atoms with Gasteiger partial charge in [0.2, 0.25) is 0 Å². The maximum atomic E-state index is 13.6.